The maximum absolute atomic E-state index is 15.3. The van der Waals surface area contributed by atoms with Gasteiger partial charge in [-0.3, -0.25) is 0 Å². The predicted octanol–water partition coefficient (Wildman–Crippen LogP) is 7.49. The monoisotopic (exact) mass is 667 g/mol. The lowest BCUT2D eigenvalue weighted by Gasteiger charge is -2.36. The van der Waals surface area contributed by atoms with Crippen LogP contribution in [0.3, 0.4) is 0 Å². The lowest BCUT2D eigenvalue weighted by atomic mass is 10.0. The number of likely N-dealkylation sites (tertiary alicyclic amines) is 1. The van der Waals surface area contributed by atoms with Crippen LogP contribution in [0.5, 0.6) is 5.75 Å². The molecule has 1 aromatic heterocycles. The molecule has 13 heteroatoms. The molecule has 0 spiro atoms. The Morgan fingerprint density at radius 2 is 1.89 bits per heavy atom. The highest BCUT2D eigenvalue weighted by Crippen LogP contribution is 2.40. The zero-order chi connectivity index (χ0) is 33.2. The van der Waals surface area contributed by atoms with Gasteiger partial charge < -0.3 is 29.6 Å². The molecule has 2 aromatic carbocycles. The van der Waals surface area contributed by atoms with Crippen LogP contribution in [-0.4, -0.2) is 75.1 Å². The van der Waals surface area contributed by atoms with Crippen LogP contribution in [0.15, 0.2) is 36.4 Å². The van der Waals surface area contributed by atoms with Crippen molar-refractivity contribution in [3.63, 3.8) is 0 Å². The number of benzene rings is 2. The number of carbonyl (C=O) groups excluding carboxylic acids is 1. The van der Waals surface area contributed by atoms with Gasteiger partial charge in [-0.1, -0.05) is 24.0 Å². The van der Waals surface area contributed by atoms with Crippen LogP contribution in [0.4, 0.5) is 33.7 Å². The van der Waals surface area contributed by atoms with Crippen molar-refractivity contribution in [1.82, 2.24) is 4.90 Å². The molecule has 2 atom stereocenters. The molecule has 2 heterocycles. The van der Waals surface area contributed by atoms with Gasteiger partial charge in [0.15, 0.2) is 0 Å². The second kappa shape index (κ2) is 13.5. The maximum atomic E-state index is 15.3. The molecule has 0 saturated carbocycles. The third-order valence-electron chi connectivity index (χ3n) is 7.11. The number of amides is 1. The van der Waals surface area contributed by atoms with Crippen molar-refractivity contribution in [3.05, 3.63) is 46.8 Å². The quantitative estimate of drug-likeness (QED) is 0.155. The van der Waals surface area contributed by atoms with Crippen molar-refractivity contribution in [1.29, 1.82) is 0 Å². The van der Waals surface area contributed by atoms with E-state index < -0.39 is 43.6 Å². The number of methoxy groups -OCH3 is 1. The molecule has 2 unspecified atom stereocenters. The molecular weight excluding hydrogens is 629 g/mol. The number of fused-ring (bicyclic) bond motifs is 1. The summed E-state index contributed by atoms with van der Waals surface area (Å²) < 4.78 is 80.0. The molecule has 1 amide bonds. The van der Waals surface area contributed by atoms with Gasteiger partial charge in [0.2, 0.25) is 0 Å². The Labute approximate surface area is 265 Å². The standard InChI is InChI=1S/C32H38F4N3O4PS/c1-31(2,3)43-30(40)39-16-14-24(23(33)19-39)38-26-10-7-9-21-22(18-32(34,35)36)28(45-29(21)26)11-8-15-37-25-13-12-20(44(5,6)41)17-27(25)42-4/h7,9-10,12-13,17,23-24,37-38H,14-16,18-19H2,1-6H3. The summed E-state index contributed by atoms with van der Waals surface area (Å²) in [5.41, 5.74) is 0.492. The topological polar surface area (TPSA) is 79.9 Å². The highest BCUT2D eigenvalue weighted by molar-refractivity contribution is 7.70. The Hall–Kier alpha value is -3.42. The van der Waals surface area contributed by atoms with E-state index in [4.69, 9.17) is 9.47 Å². The van der Waals surface area contributed by atoms with Gasteiger partial charge in [-0.25, -0.2) is 9.18 Å². The van der Waals surface area contributed by atoms with Crippen molar-refractivity contribution < 1.29 is 36.4 Å². The fourth-order valence-corrected chi connectivity index (χ4v) is 6.98. The molecule has 1 aliphatic heterocycles. The second-order valence-electron chi connectivity index (χ2n) is 12.3. The molecular formula is C32H38F4N3O4PS. The number of halogens is 4. The predicted molar refractivity (Wildman–Crippen MR) is 174 cm³/mol. The van der Waals surface area contributed by atoms with E-state index in [0.29, 0.717) is 38.9 Å². The third-order valence-corrected chi connectivity index (χ3v) is 9.82. The number of nitrogens with zero attached hydrogens (tertiary/aromatic N) is 1. The molecule has 244 valence electrons. The second-order valence-corrected chi connectivity index (χ2v) is 16.5. The fourth-order valence-electron chi connectivity index (χ4n) is 4.95. The van der Waals surface area contributed by atoms with E-state index in [0.717, 1.165) is 11.3 Å². The molecule has 7 nitrogen and oxygen atoms in total. The summed E-state index contributed by atoms with van der Waals surface area (Å²) in [4.78, 5) is 14.0. The molecule has 0 bridgehead atoms. The molecule has 4 rings (SSSR count). The van der Waals surface area contributed by atoms with E-state index in [-0.39, 0.29) is 30.1 Å². The van der Waals surface area contributed by atoms with Crippen molar-refractivity contribution in [2.24, 2.45) is 0 Å². The van der Waals surface area contributed by atoms with Crippen LogP contribution in [-0.2, 0) is 15.7 Å². The largest absolute Gasteiger partial charge is 0.495 e. The Kier molecular flexibility index (Phi) is 10.3. The summed E-state index contributed by atoms with van der Waals surface area (Å²) in [6.07, 6.45) is -7.31. The van der Waals surface area contributed by atoms with Gasteiger partial charge in [-0.05, 0) is 75.7 Å². The van der Waals surface area contributed by atoms with Crippen LogP contribution < -0.4 is 20.7 Å². The Morgan fingerprint density at radius 1 is 1.16 bits per heavy atom. The minimum atomic E-state index is -4.46. The van der Waals surface area contributed by atoms with Gasteiger partial charge in [0.1, 0.15) is 24.7 Å². The van der Waals surface area contributed by atoms with Gasteiger partial charge in [0.05, 0.1) is 53.6 Å². The number of nitrogens with one attached hydrogen (secondary N) is 2. The smallest absolute Gasteiger partial charge is 0.410 e. The summed E-state index contributed by atoms with van der Waals surface area (Å²) in [6, 6.07) is 9.50. The maximum Gasteiger partial charge on any atom is 0.410 e. The Morgan fingerprint density at radius 3 is 2.51 bits per heavy atom. The van der Waals surface area contributed by atoms with E-state index >= 15 is 4.39 Å². The molecule has 1 fully saturated rings. The van der Waals surface area contributed by atoms with Gasteiger partial charge in [0.25, 0.3) is 0 Å². The van der Waals surface area contributed by atoms with E-state index in [1.54, 1.807) is 70.5 Å². The van der Waals surface area contributed by atoms with E-state index in [9.17, 15) is 22.5 Å². The summed E-state index contributed by atoms with van der Waals surface area (Å²) in [5.74, 6) is 6.30. The van der Waals surface area contributed by atoms with Crippen LogP contribution in [0.1, 0.15) is 37.6 Å². The molecule has 1 aliphatic rings. The normalized spacial score (nSPS) is 17.4. The zero-order valence-electron chi connectivity index (χ0n) is 26.1. The SMILES string of the molecule is COc1cc(P(C)(C)=O)ccc1NCC#Cc1sc2c(NC3CCN(C(=O)OC(C)(C)C)CC3F)cccc2c1CC(F)(F)F. The van der Waals surface area contributed by atoms with Gasteiger partial charge in [-0.15, -0.1) is 11.3 Å². The van der Waals surface area contributed by atoms with Crippen LogP contribution in [0.25, 0.3) is 10.1 Å². The van der Waals surface area contributed by atoms with Gasteiger partial charge >= 0.3 is 12.3 Å². The van der Waals surface area contributed by atoms with E-state index in [2.05, 4.69) is 22.5 Å². The number of alkyl halides is 4. The zero-order valence-corrected chi connectivity index (χ0v) is 27.8. The number of hydrogen-bond donors (Lipinski definition) is 2. The summed E-state index contributed by atoms with van der Waals surface area (Å²) in [5, 5.41) is 7.36. The van der Waals surface area contributed by atoms with E-state index in [1.807, 2.05) is 0 Å². The number of carbonyl (C=O) groups is 1. The number of thiophene rings is 1. The lowest BCUT2D eigenvalue weighted by Crippen LogP contribution is -2.51. The first kappa shape index (κ1) is 34.5. The molecule has 2 N–H and O–H groups in total. The highest BCUT2D eigenvalue weighted by atomic mass is 32.1. The fraction of sp³-hybridized carbons (Fsp3) is 0.469. The number of anilines is 2. The average molecular weight is 668 g/mol. The number of hydrogen-bond acceptors (Lipinski definition) is 7. The van der Waals surface area contributed by atoms with Crippen LogP contribution in [0.2, 0.25) is 0 Å². The van der Waals surface area contributed by atoms with Gasteiger partial charge in [-0.2, -0.15) is 13.2 Å². The number of piperidine rings is 1. The highest BCUT2D eigenvalue weighted by Gasteiger charge is 2.35. The first-order valence-electron chi connectivity index (χ1n) is 14.4. The van der Waals surface area contributed by atoms with Crippen molar-refractivity contribution in [2.45, 2.75) is 57.6 Å². The lowest BCUT2D eigenvalue weighted by molar-refractivity contribution is -0.126. The Balaban J connectivity index is 1.55. The Bertz CT molecular complexity index is 1650. The van der Waals surface area contributed by atoms with Crippen molar-refractivity contribution in [3.8, 4) is 17.6 Å². The number of rotatable bonds is 7. The van der Waals surface area contributed by atoms with Crippen LogP contribution in [0, 0.1) is 11.8 Å². The van der Waals surface area contributed by atoms with Crippen molar-refractivity contribution >= 4 is 51.3 Å². The minimum Gasteiger partial charge on any atom is -0.495 e. The third kappa shape index (κ3) is 9.08. The molecule has 3 aromatic rings. The molecule has 1 saturated heterocycles. The molecule has 45 heavy (non-hydrogen) atoms. The summed E-state index contributed by atoms with van der Waals surface area (Å²) in [7, 11) is -1.000. The molecule has 0 radical (unpaired) electrons. The van der Waals surface area contributed by atoms with Crippen LogP contribution >= 0.6 is 18.5 Å². The first-order chi connectivity index (χ1) is 20.9. The van der Waals surface area contributed by atoms with E-state index in [1.165, 1.54) is 12.0 Å². The summed E-state index contributed by atoms with van der Waals surface area (Å²) in [6.45, 7) is 8.79. The minimum absolute atomic E-state index is 0.0683. The van der Waals surface area contributed by atoms with Crippen molar-refractivity contribution in [2.75, 3.05) is 50.7 Å². The molecule has 0 aliphatic carbocycles. The number of ether oxygens (including phenoxy) is 2. The average Bonchev–Trinajstić information content (AvgIpc) is 3.27. The summed E-state index contributed by atoms with van der Waals surface area (Å²) >= 11 is 1.12. The first-order valence-corrected chi connectivity index (χ1v) is 17.8. The van der Waals surface area contributed by atoms with Gasteiger partial charge in [0, 0.05) is 11.8 Å².